The number of halogens is 3. The molecule has 1 amide bonds. The van der Waals surface area contributed by atoms with E-state index < -0.39 is 23.1 Å². The van der Waals surface area contributed by atoms with Gasteiger partial charge in [0.05, 0.1) is 0 Å². The molecule has 1 unspecified atom stereocenters. The van der Waals surface area contributed by atoms with Crippen LogP contribution in [0.2, 0.25) is 0 Å². The molecule has 0 fully saturated rings. The van der Waals surface area contributed by atoms with Crippen LogP contribution in [0.25, 0.3) is 0 Å². The van der Waals surface area contributed by atoms with Gasteiger partial charge in [0, 0.05) is 12.6 Å². The summed E-state index contributed by atoms with van der Waals surface area (Å²) in [6.07, 6.45) is 0. The molecule has 0 radical (unpaired) electrons. The van der Waals surface area contributed by atoms with Crippen molar-refractivity contribution in [1.29, 1.82) is 0 Å². The molecular weight excluding hydrogens is 250 g/mol. The minimum absolute atomic E-state index is 0. The smallest absolute Gasteiger partial charge is 0.257 e. The van der Waals surface area contributed by atoms with Gasteiger partial charge in [0.25, 0.3) is 5.91 Å². The van der Waals surface area contributed by atoms with Crippen molar-refractivity contribution in [2.24, 2.45) is 0 Å². The van der Waals surface area contributed by atoms with Gasteiger partial charge in [-0.2, -0.15) is 0 Å². The molecule has 0 aromatic heterocycles. The first-order chi connectivity index (χ1) is 7.56. The summed E-state index contributed by atoms with van der Waals surface area (Å²) in [5.74, 6) is -2.44. The van der Waals surface area contributed by atoms with Crippen LogP contribution in [0, 0.1) is 11.6 Å². The summed E-state index contributed by atoms with van der Waals surface area (Å²) in [6.45, 7) is 2.15. The first kappa shape index (κ1) is 15.8. The van der Waals surface area contributed by atoms with E-state index >= 15 is 0 Å². The van der Waals surface area contributed by atoms with Gasteiger partial charge in [0.1, 0.15) is 17.2 Å². The molecule has 1 rings (SSSR count). The largest absolute Gasteiger partial charge is 0.350 e. The van der Waals surface area contributed by atoms with Crippen LogP contribution in [0.15, 0.2) is 18.2 Å². The zero-order chi connectivity index (χ0) is 12.1. The summed E-state index contributed by atoms with van der Waals surface area (Å²) in [5.41, 5.74) is -0.536. The zero-order valence-corrected chi connectivity index (χ0v) is 10.4. The molecular formula is C11H15ClF2N2O. The maximum absolute atomic E-state index is 13.2. The molecule has 0 aliphatic carbocycles. The normalized spacial score (nSPS) is 11.5. The van der Waals surface area contributed by atoms with Crippen molar-refractivity contribution >= 4 is 18.3 Å². The number of amides is 1. The Morgan fingerprint density at radius 2 is 1.88 bits per heavy atom. The molecule has 3 nitrogen and oxygen atoms in total. The highest BCUT2D eigenvalue weighted by Gasteiger charge is 2.16. The molecule has 1 atom stereocenters. The van der Waals surface area contributed by atoms with Gasteiger partial charge < -0.3 is 10.6 Å². The monoisotopic (exact) mass is 264 g/mol. The molecule has 0 saturated heterocycles. The van der Waals surface area contributed by atoms with E-state index in [-0.39, 0.29) is 18.4 Å². The second-order valence-electron chi connectivity index (χ2n) is 3.50. The number of carbonyl (C=O) groups excluding carboxylic acids is 1. The van der Waals surface area contributed by atoms with Crippen LogP contribution in [0.3, 0.4) is 0 Å². The average Bonchev–Trinajstić information content (AvgIpc) is 2.25. The molecule has 0 aliphatic rings. The van der Waals surface area contributed by atoms with Gasteiger partial charge in [0.2, 0.25) is 0 Å². The lowest BCUT2D eigenvalue weighted by Crippen LogP contribution is -2.37. The fourth-order valence-corrected chi connectivity index (χ4v) is 1.15. The molecule has 0 spiro atoms. The van der Waals surface area contributed by atoms with Gasteiger partial charge in [-0.3, -0.25) is 4.79 Å². The number of rotatable bonds is 4. The molecule has 0 heterocycles. The number of hydrogen-bond acceptors (Lipinski definition) is 2. The van der Waals surface area contributed by atoms with Crippen molar-refractivity contribution in [2.75, 3.05) is 13.6 Å². The van der Waals surface area contributed by atoms with Crippen LogP contribution < -0.4 is 10.6 Å². The van der Waals surface area contributed by atoms with Gasteiger partial charge in [-0.25, -0.2) is 8.78 Å². The Morgan fingerprint density at radius 1 is 1.35 bits per heavy atom. The summed E-state index contributed by atoms with van der Waals surface area (Å²) >= 11 is 0. The van der Waals surface area contributed by atoms with Gasteiger partial charge >= 0.3 is 0 Å². The van der Waals surface area contributed by atoms with Crippen LogP contribution >= 0.6 is 12.4 Å². The molecule has 17 heavy (non-hydrogen) atoms. The second-order valence-corrected chi connectivity index (χ2v) is 3.50. The second kappa shape index (κ2) is 7.19. The molecule has 1 aromatic rings. The van der Waals surface area contributed by atoms with Crippen molar-refractivity contribution in [1.82, 2.24) is 10.6 Å². The Morgan fingerprint density at radius 3 is 2.35 bits per heavy atom. The quantitative estimate of drug-likeness (QED) is 0.870. The summed E-state index contributed by atoms with van der Waals surface area (Å²) in [6, 6.07) is 3.37. The maximum atomic E-state index is 13.2. The van der Waals surface area contributed by atoms with Crippen LogP contribution in [-0.4, -0.2) is 25.5 Å². The Labute approximate surface area is 105 Å². The highest BCUT2D eigenvalue weighted by molar-refractivity contribution is 5.94. The summed E-state index contributed by atoms with van der Waals surface area (Å²) in [4.78, 5) is 11.5. The lowest BCUT2D eigenvalue weighted by molar-refractivity contribution is 0.0942. The Kier molecular flexibility index (Phi) is 6.68. The van der Waals surface area contributed by atoms with Gasteiger partial charge in [-0.15, -0.1) is 12.4 Å². The molecule has 2 N–H and O–H groups in total. The van der Waals surface area contributed by atoms with Crippen LogP contribution in [0.5, 0.6) is 0 Å². The van der Waals surface area contributed by atoms with E-state index in [1.165, 1.54) is 6.07 Å². The van der Waals surface area contributed by atoms with E-state index in [0.717, 1.165) is 12.1 Å². The summed E-state index contributed by atoms with van der Waals surface area (Å²) < 4.78 is 26.4. The molecule has 0 bridgehead atoms. The third kappa shape index (κ3) is 4.28. The molecule has 96 valence electrons. The van der Waals surface area contributed by atoms with Crippen molar-refractivity contribution in [3.05, 3.63) is 35.4 Å². The highest BCUT2D eigenvalue weighted by atomic mass is 35.5. The molecule has 0 aliphatic heterocycles. The third-order valence-electron chi connectivity index (χ3n) is 2.25. The maximum Gasteiger partial charge on any atom is 0.257 e. The standard InChI is InChI=1S/C11H14F2N2O.ClH/c1-7(14-2)6-15-11(16)10-8(12)4-3-5-9(10)13;/h3-5,7,14H,6H2,1-2H3,(H,15,16);1H. The van der Waals surface area contributed by atoms with Crippen LogP contribution in [0.4, 0.5) is 8.78 Å². The van der Waals surface area contributed by atoms with E-state index in [0.29, 0.717) is 6.54 Å². The van der Waals surface area contributed by atoms with Gasteiger partial charge in [-0.1, -0.05) is 6.07 Å². The van der Waals surface area contributed by atoms with Crippen molar-refractivity contribution in [3.63, 3.8) is 0 Å². The number of nitrogens with one attached hydrogen (secondary N) is 2. The lowest BCUT2D eigenvalue weighted by Gasteiger charge is -2.11. The van der Waals surface area contributed by atoms with E-state index in [1.54, 1.807) is 7.05 Å². The lowest BCUT2D eigenvalue weighted by atomic mass is 10.2. The third-order valence-corrected chi connectivity index (χ3v) is 2.25. The van der Waals surface area contributed by atoms with Crippen LogP contribution in [-0.2, 0) is 0 Å². The Balaban J connectivity index is 0.00000256. The number of benzene rings is 1. The number of likely N-dealkylation sites (N-methyl/N-ethyl adjacent to an activating group) is 1. The predicted octanol–water partition coefficient (Wildman–Crippen LogP) is 1.72. The predicted molar refractivity (Wildman–Crippen MR) is 64.5 cm³/mol. The van der Waals surface area contributed by atoms with E-state index in [1.807, 2.05) is 6.92 Å². The topological polar surface area (TPSA) is 41.1 Å². The van der Waals surface area contributed by atoms with E-state index in [4.69, 9.17) is 0 Å². The highest BCUT2D eigenvalue weighted by Crippen LogP contribution is 2.11. The zero-order valence-electron chi connectivity index (χ0n) is 9.59. The molecule has 6 heteroatoms. The fraction of sp³-hybridized carbons (Fsp3) is 0.364. The number of carbonyl (C=O) groups is 1. The first-order valence-corrected chi connectivity index (χ1v) is 4.95. The summed E-state index contributed by atoms with van der Waals surface area (Å²) in [7, 11) is 1.74. The van der Waals surface area contributed by atoms with Gasteiger partial charge in [-0.05, 0) is 26.1 Å². The summed E-state index contributed by atoms with van der Waals surface area (Å²) in [5, 5.41) is 5.35. The fourth-order valence-electron chi connectivity index (χ4n) is 1.15. The van der Waals surface area contributed by atoms with Crippen LogP contribution in [0.1, 0.15) is 17.3 Å². The van der Waals surface area contributed by atoms with Gasteiger partial charge in [0.15, 0.2) is 0 Å². The minimum atomic E-state index is -0.852. The minimum Gasteiger partial charge on any atom is -0.350 e. The average molecular weight is 265 g/mol. The molecule has 1 aromatic carbocycles. The van der Waals surface area contributed by atoms with E-state index in [2.05, 4.69) is 10.6 Å². The Bertz CT molecular complexity index is 367. The SMILES string of the molecule is CNC(C)CNC(=O)c1c(F)cccc1F.Cl. The molecule has 0 saturated carbocycles. The van der Waals surface area contributed by atoms with E-state index in [9.17, 15) is 13.6 Å². The van der Waals surface area contributed by atoms with Crippen molar-refractivity contribution in [2.45, 2.75) is 13.0 Å². The Hall–Kier alpha value is -1.20. The van der Waals surface area contributed by atoms with Crippen molar-refractivity contribution in [3.8, 4) is 0 Å². The first-order valence-electron chi connectivity index (χ1n) is 4.95. The van der Waals surface area contributed by atoms with Crippen molar-refractivity contribution < 1.29 is 13.6 Å². The number of hydrogen-bond donors (Lipinski definition) is 2.